The maximum atomic E-state index is 2.46. The van der Waals surface area contributed by atoms with E-state index in [9.17, 15) is 0 Å². The van der Waals surface area contributed by atoms with E-state index in [1.54, 1.807) is 5.56 Å². The first-order valence-electron chi connectivity index (χ1n) is 6.62. The highest BCUT2D eigenvalue weighted by molar-refractivity contribution is 5.35. The molecule has 0 heterocycles. The molecule has 1 aliphatic rings. The second-order valence-corrected chi connectivity index (χ2v) is 5.86. The normalized spacial score (nSPS) is 30.4. The third kappa shape index (κ3) is 1.90. The molecule has 1 aliphatic carbocycles. The number of benzene rings is 1. The van der Waals surface area contributed by atoms with E-state index in [4.69, 9.17) is 0 Å². The predicted octanol–water partition coefficient (Wildman–Crippen LogP) is 4.77. The lowest BCUT2D eigenvalue weighted by Crippen LogP contribution is -2.33. The Hall–Kier alpha value is -0.780. The lowest BCUT2D eigenvalue weighted by atomic mass is 9.64. The minimum absolute atomic E-state index is 0.413. The van der Waals surface area contributed by atoms with Crippen LogP contribution < -0.4 is 0 Å². The lowest BCUT2D eigenvalue weighted by Gasteiger charge is -2.40. The Morgan fingerprint density at radius 3 is 2.50 bits per heavy atom. The molecule has 0 nitrogen and oxygen atoms in total. The quantitative estimate of drug-likeness (QED) is 0.634. The minimum Gasteiger partial charge on any atom is -0.0617 e. The molecule has 1 fully saturated rings. The van der Waals surface area contributed by atoms with Crippen LogP contribution in [0.5, 0.6) is 0 Å². The summed E-state index contributed by atoms with van der Waals surface area (Å²) in [5, 5.41) is 0. The smallest absolute Gasteiger partial charge is 0.00496 e. The van der Waals surface area contributed by atoms with E-state index in [0.717, 1.165) is 5.92 Å². The van der Waals surface area contributed by atoms with E-state index in [2.05, 4.69) is 45.9 Å². The van der Waals surface area contributed by atoms with Gasteiger partial charge in [-0.3, -0.25) is 0 Å². The maximum absolute atomic E-state index is 2.46. The second kappa shape index (κ2) is 4.24. The van der Waals surface area contributed by atoms with Crippen molar-refractivity contribution >= 4 is 0 Å². The summed E-state index contributed by atoms with van der Waals surface area (Å²) < 4.78 is 0. The third-order valence-electron chi connectivity index (χ3n) is 4.84. The van der Waals surface area contributed by atoms with Crippen LogP contribution in [0.25, 0.3) is 0 Å². The summed E-state index contributed by atoms with van der Waals surface area (Å²) in [6.45, 7) is 9.32. The van der Waals surface area contributed by atoms with Crippen molar-refractivity contribution in [1.29, 1.82) is 0 Å². The Bertz CT molecular complexity index is 378. The van der Waals surface area contributed by atoms with E-state index in [0.29, 0.717) is 5.41 Å². The first-order valence-corrected chi connectivity index (χ1v) is 6.62. The predicted molar refractivity (Wildman–Crippen MR) is 70.9 cm³/mol. The SMILES string of the molecule is Cc1ccc(C2(C)CCCCC2C)cc1C. The molecule has 0 spiro atoms. The zero-order chi connectivity index (χ0) is 11.8. The molecular weight excluding hydrogens is 192 g/mol. The summed E-state index contributed by atoms with van der Waals surface area (Å²) in [6, 6.07) is 7.05. The summed E-state index contributed by atoms with van der Waals surface area (Å²) in [7, 11) is 0. The summed E-state index contributed by atoms with van der Waals surface area (Å²) in [6.07, 6.45) is 5.56. The highest BCUT2D eigenvalue weighted by atomic mass is 14.4. The molecule has 0 saturated heterocycles. The Kier molecular flexibility index (Phi) is 3.10. The second-order valence-electron chi connectivity index (χ2n) is 5.86. The molecule has 0 radical (unpaired) electrons. The molecule has 0 bridgehead atoms. The average Bonchev–Trinajstić information content (AvgIpc) is 2.26. The average molecular weight is 216 g/mol. The van der Waals surface area contributed by atoms with Crippen LogP contribution in [0.3, 0.4) is 0 Å². The minimum atomic E-state index is 0.413. The number of hydrogen-bond acceptors (Lipinski definition) is 0. The van der Waals surface area contributed by atoms with Gasteiger partial charge >= 0.3 is 0 Å². The molecule has 0 N–H and O–H groups in total. The first kappa shape index (κ1) is 11.7. The van der Waals surface area contributed by atoms with Crippen LogP contribution in [0.2, 0.25) is 0 Å². The summed E-state index contributed by atoms with van der Waals surface area (Å²) in [5.41, 5.74) is 4.83. The van der Waals surface area contributed by atoms with Gasteiger partial charge in [0.2, 0.25) is 0 Å². The van der Waals surface area contributed by atoms with Crippen molar-refractivity contribution in [3.63, 3.8) is 0 Å². The van der Waals surface area contributed by atoms with Gasteiger partial charge in [-0.1, -0.05) is 44.9 Å². The van der Waals surface area contributed by atoms with Crippen molar-refractivity contribution in [1.82, 2.24) is 0 Å². The van der Waals surface area contributed by atoms with Gasteiger partial charge in [0.05, 0.1) is 0 Å². The van der Waals surface area contributed by atoms with Crippen LogP contribution in [0.1, 0.15) is 56.2 Å². The van der Waals surface area contributed by atoms with E-state index in [-0.39, 0.29) is 0 Å². The Morgan fingerprint density at radius 2 is 1.88 bits per heavy atom. The molecule has 0 aromatic heterocycles. The largest absolute Gasteiger partial charge is 0.0617 e. The van der Waals surface area contributed by atoms with Gasteiger partial charge in [0, 0.05) is 0 Å². The summed E-state index contributed by atoms with van der Waals surface area (Å²) in [4.78, 5) is 0. The fourth-order valence-corrected chi connectivity index (χ4v) is 3.03. The van der Waals surface area contributed by atoms with Gasteiger partial charge < -0.3 is 0 Å². The first-order chi connectivity index (χ1) is 7.54. The van der Waals surface area contributed by atoms with Crippen LogP contribution in [0.15, 0.2) is 18.2 Å². The van der Waals surface area contributed by atoms with E-state index in [1.807, 2.05) is 0 Å². The molecule has 1 saturated carbocycles. The van der Waals surface area contributed by atoms with E-state index < -0.39 is 0 Å². The highest BCUT2D eigenvalue weighted by Crippen LogP contribution is 2.43. The van der Waals surface area contributed by atoms with Crippen LogP contribution in [-0.4, -0.2) is 0 Å². The number of aryl methyl sites for hydroxylation is 2. The zero-order valence-corrected chi connectivity index (χ0v) is 11.1. The monoisotopic (exact) mass is 216 g/mol. The standard InChI is InChI=1S/C16H24/c1-12-8-9-15(11-13(12)2)16(4)10-6-5-7-14(16)3/h8-9,11,14H,5-7,10H2,1-4H3. The van der Waals surface area contributed by atoms with Crippen molar-refractivity contribution < 1.29 is 0 Å². The van der Waals surface area contributed by atoms with E-state index >= 15 is 0 Å². The molecular formula is C16H24. The topological polar surface area (TPSA) is 0 Å². The summed E-state index contributed by atoms with van der Waals surface area (Å²) in [5.74, 6) is 0.823. The van der Waals surface area contributed by atoms with Crippen molar-refractivity contribution in [3.05, 3.63) is 34.9 Å². The number of rotatable bonds is 1. The number of hydrogen-bond donors (Lipinski definition) is 0. The molecule has 1 aromatic carbocycles. The molecule has 88 valence electrons. The van der Waals surface area contributed by atoms with Gasteiger partial charge in [0.15, 0.2) is 0 Å². The van der Waals surface area contributed by atoms with Crippen LogP contribution in [-0.2, 0) is 5.41 Å². The molecule has 0 aliphatic heterocycles. The van der Waals surface area contributed by atoms with Gasteiger partial charge in [0.25, 0.3) is 0 Å². The molecule has 2 unspecified atom stereocenters. The molecule has 0 amide bonds. The highest BCUT2D eigenvalue weighted by Gasteiger charge is 2.35. The Labute approximate surface area is 100 Å². The van der Waals surface area contributed by atoms with Crippen LogP contribution >= 0.6 is 0 Å². The van der Waals surface area contributed by atoms with Crippen molar-refractivity contribution in [2.75, 3.05) is 0 Å². The Morgan fingerprint density at radius 1 is 1.12 bits per heavy atom. The van der Waals surface area contributed by atoms with Crippen molar-refractivity contribution in [3.8, 4) is 0 Å². The Balaban J connectivity index is 2.37. The van der Waals surface area contributed by atoms with Crippen LogP contribution in [0, 0.1) is 19.8 Å². The van der Waals surface area contributed by atoms with E-state index in [1.165, 1.54) is 36.8 Å². The fraction of sp³-hybridized carbons (Fsp3) is 0.625. The van der Waals surface area contributed by atoms with Gasteiger partial charge in [0.1, 0.15) is 0 Å². The van der Waals surface area contributed by atoms with Gasteiger partial charge in [-0.05, 0) is 54.7 Å². The van der Waals surface area contributed by atoms with Gasteiger partial charge in [-0.2, -0.15) is 0 Å². The van der Waals surface area contributed by atoms with Crippen molar-refractivity contribution in [2.24, 2.45) is 5.92 Å². The maximum Gasteiger partial charge on any atom is -0.00496 e. The fourth-order valence-electron chi connectivity index (χ4n) is 3.03. The molecule has 16 heavy (non-hydrogen) atoms. The molecule has 1 aromatic rings. The lowest BCUT2D eigenvalue weighted by molar-refractivity contribution is 0.221. The summed E-state index contributed by atoms with van der Waals surface area (Å²) >= 11 is 0. The zero-order valence-electron chi connectivity index (χ0n) is 11.1. The van der Waals surface area contributed by atoms with Gasteiger partial charge in [-0.15, -0.1) is 0 Å². The van der Waals surface area contributed by atoms with Crippen LogP contribution in [0.4, 0.5) is 0 Å². The molecule has 0 heteroatoms. The van der Waals surface area contributed by atoms with Crippen molar-refractivity contribution in [2.45, 2.75) is 58.8 Å². The third-order valence-corrected chi connectivity index (χ3v) is 4.84. The van der Waals surface area contributed by atoms with Gasteiger partial charge in [-0.25, -0.2) is 0 Å². The molecule has 2 atom stereocenters. The molecule has 2 rings (SSSR count).